The summed E-state index contributed by atoms with van der Waals surface area (Å²) in [4.78, 5) is 27.0. The Labute approximate surface area is 220 Å². The minimum absolute atomic E-state index is 0.0406. The second-order valence-corrected chi connectivity index (χ2v) is 9.89. The molecule has 178 valence electrons. The fraction of sp³-hybridized carbons (Fsp3) is 0.120. The Balaban J connectivity index is 1.25. The number of carbonyl (C=O) groups excluding carboxylic acids is 2. The van der Waals surface area contributed by atoms with Crippen molar-refractivity contribution in [3.63, 3.8) is 0 Å². The number of ether oxygens (including phenoxy) is 3. The molecule has 2 amide bonds. The van der Waals surface area contributed by atoms with E-state index in [2.05, 4.69) is 0 Å². The van der Waals surface area contributed by atoms with Crippen LogP contribution >= 0.6 is 46.6 Å². The van der Waals surface area contributed by atoms with Crippen LogP contribution in [0.2, 0.25) is 15.1 Å². The number of amides is 2. The van der Waals surface area contributed by atoms with Gasteiger partial charge in [0.05, 0.1) is 21.5 Å². The zero-order valence-electron chi connectivity index (χ0n) is 17.9. The Morgan fingerprint density at radius 1 is 0.914 bits per heavy atom. The first-order valence-electron chi connectivity index (χ1n) is 10.4. The molecule has 0 aliphatic carbocycles. The van der Waals surface area contributed by atoms with E-state index in [1.165, 1.54) is 0 Å². The lowest BCUT2D eigenvalue weighted by molar-refractivity contribution is -0.123. The van der Waals surface area contributed by atoms with Crippen LogP contribution in [0.15, 0.2) is 59.5 Å². The number of benzene rings is 3. The second kappa shape index (κ2) is 10.0. The molecule has 1 fully saturated rings. The molecule has 35 heavy (non-hydrogen) atoms. The van der Waals surface area contributed by atoms with E-state index in [9.17, 15) is 9.59 Å². The number of carbonyl (C=O) groups is 2. The van der Waals surface area contributed by atoms with E-state index in [4.69, 9.17) is 49.0 Å². The highest BCUT2D eigenvalue weighted by Crippen LogP contribution is 2.39. The van der Waals surface area contributed by atoms with Crippen LogP contribution in [-0.2, 0) is 17.9 Å². The molecular weight excluding hydrogens is 533 g/mol. The summed E-state index contributed by atoms with van der Waals surface area (Å²) in [5.74, 6) is 1.35. The first kappa shape index (κ1) is 23.9. The molecule has 0 radical (unpaired) electrons. The predicted octanol–water partition coefficient (Wildman–Crippen LogP) is 7.19. The molecule has 1 saturated heterocycles. The van der Waals surface area contributed by atoms with E-state index in [0.29, 0.717) is 49.4 Å². The summed E-state index contributed by atoms with van der Waals surface area (Å²) in [6.07, 6.45) is 1.68. The molecule has 2 heterocycles. The molecule has 6 nitrogen and oxygen atoms in total. The summed E-state index contributed by atoms with van der Waals surface area (Å²) in [5, 5.41) is 0.992. The van der Waals surface area contributed by atoms with Crippen molar-refractivity contribution < 1.29 is 23.8 Å². The van der Waals surface area contributed by atoms with Gasteiger partial charge in [-0.25, -0.2) is 0 Å². The van der Waals surface area contributed by atoms with Crippen molar-refractivity contribution in [2.45, 2.75) is 13.2 Å². The molecular formula is C25H16Cl3NO5S. The van der Waals surface area contributed by atoms with Crippen molar-refractivity contribution in [3.05, 3.63) is 91.3 Å². The van der Waals surface area contributed by atoms with Gasteiger partial charge in [0, 0.05) is 11.1 Å². The van der Waals surface area contributed by atoms with E-state index in [0.717, 1.165) is 27.8 Å². The van der Waals surface area contributed by atoms with Crippen LogP contribution in [0.3, 0.4) is 0 Å². The molecule has 2 aliphatic rings. The highest BCUT2D eigenvalue weighted by Gasteiger charge is 2.35. The smallest absolute Gasteiger partial charge is 0.293 e. The minimum atomic E-state index is -0.381. The minimum Gasteiger partial charge on any atom is -0.489 e. The highest BCUT2D eigenvalue weighted by molar-refractivity contribution is 8.18. The van der Waals surface area contributed by atoms with Gasteiger partial charge in [0.2, 0.25) is 6.79 Å². The topological polar surface area (TPSA) is 65.1 Å². The summed E-state index contributed by atoms with van der Waals surface area (Å²) < 4.78 is 16.5. The van der Waals surface area contributed by atoms with Gasteiger partial charge in [-0.15, -0.1) is 0 Å². The fourth-order valence-electron chi connectivity index (χ4n) is 3.49. The van der Waals surface area contributed by atoms with Gasteiger partial charge in [-0.2, -0.15) is 0 Å². The Morgan fingerprint density at radius 2 is 1.66 bits per heavy atom. The monoisotopic (exact) mass is 547 g/mol. The predicted molar refractivity (Wildman–Crippen MR) is 136 cm³/mol. The maximum absolute atomic E-state index is 12.9. The number of imide groups is 1. The molecule has 10 heteroatoms. The van der Waals surface area contributed by atoms with Crippen LogP contribution in [0.25, 0.3) is 6.08 Å². The number of hydrogen-bond donors (Lipinski definition) is 0. The van der Waals surface area contributed by atoms with E-state index >= 15 is 0 Å². The summed E-state index contributed by atoms with van der Waals surface area (Å²) in [7, 11) is 0. The van der Waals surface area contributed by atoms with Crippen molar-refractivity contribution >= 4 is 63.8 Å². The highest BCUT2D eigenvalue weighted by atomic mass is 35.5. The maximum atomic E-state index is 12.9. The van der Waals surface area contributed by atoms with Crippen molar-refractivity contribution in [1.29, 1.82) is 0 Å². The van der Waals surface area contributed by atoms with Gasteiger partial charge < -0.3 is 14.2 Å². The number of halogens is 3. The zero-order valence-corrected chi connectivity index (χ0v) is 21.0. The van der Waals surface area contributed by atoms with Gasteiger partial charge in [-0.3, -0.25) is 14.5 Å². The van der Waals surface area contributed by atoms with Gasteiger partial charge in [-0.05, 0) is 64.9 Å². The summed E-state index contributed by atoms with van der Waals surface area (Å²) in [6, 6.07) is 15.8. The number of hydrogen-bond acceptors (Lipinski definition) is 6. The van der Waals surface area contributed by atoms with Gasteiger partial charge in [0.25, 0.3) is 11.1 Å². The standard InChI is InChI=1S/C25H16Cl3NO5S/c26-18-6-3-15(7-20(18)28)12-32-17-4-1-14(2-5-17)8-23-24(30)29(25(31)35-23)11-16-9-21-22(10-19(16)27)34-13-33-21/h1-10H,11-13H2/b23-8-. The van der Waals surface area contributed by atoms with Crippen LogP contribution in [0.4, 0.5) is 4.79 Å². The fourth-order valence-corrected chi connectivity index (χ4v) is 4.87. The largest absolute Gasteiger partial charge is 0.489 e. The lowest BCUT2D eigenvalue weighted by Gasteiger charge is -2.14. The lowest BCUT2D eigenvalue weighted by Crippen LogP contribution is -2.27. The third kappa shape index (κ3) is 5.23. The molecule has 0 aromatic heterocycles. The van der Waals surface area contributed by atoms with Gasteiger partial charge in [0.1, 0.15) is 12.4 Å². The molecule has 5 rings (SSSR count). The lowest BCUT2D eigenvalue weighted by atomic mass is 10.1. The maximum Gasteiger partial charge on any atom is 0.293 e. The number of thioether (sulfide) groups is 1. The summed E-state index contributed by atoms with van der Waals surface area (Å²) >= 11 is 19.2. The molecule has 0 bridgehead atoms. The van der Waals surface area contributed by atoms with Crippen LogP contribution in [0.1, 0.15) is 16.7 Å². The van der Waals surface area contributed by atoms with Crippen molar-refractivity contribution in [1.82, 2.24) is 4.90 Å². The summed E-state index contributed by atoms with van der Waals surface area (Å²) in [5.41, 5.74) is 2.25. The second-order valence-electron chi connectivity index (χ2n) is 7.67. The zero-order chi connectivity index (χ0) is 24.5. The molecule has 0 spiro atoms. The Kier molecular flexibility index (Phi) is 6.84. The Bertz CT molecular complexity index is 1360. The SMILES string of the molecule is O=C1S/C(=C\c2ccc(OCc3ccc(Cl)c(Cl)c3)cc2)C(=O)N1Cc1cc2c(cc1Cl)OCO2. The van der Waals surface area contributed by atoms with E-state index in [1.807, 2.05) is 18.2 Å². The Hall–Kier alpha value is -2.84. The van der Waals surface area contributed by atoms with Crippen molar-refractivity contribution in [2.24, 2.45) is 0 Å². The molecule has 0 saturated carbocycles. The van der Waals surface area contributed by atoms with Gasteiger partial charge in [0.15, 0.2) is 11.5 Å². The van der Waals surface area contributed by atoms with E-state index in [1.54, 1.807) is 42.5 Å². The average Bonchev–Trinajstić information content (AvgIpc) is 3.40. The first-order chi connectivity index (χ1) is 16.9. The van der Waals surface area contributed by atoms with Crippen molar-refractivity contribution in [3.8, 4) is 17.2 Å². The van der Waals surface area contributed by atoms with Crippen LogP contribution in [0, 0.1) is 0 Å². The molecule has 0 N–H and O–H groups in total. The molecule has 2 aliphatic heterocycles. The number of fused-ring (bicyclic) bond motifs is 1. The van der Waals surface area contributed by atoms with Crippen LogP contribution in [-0.4, -0.2) is 22.8 Å². The van der Waals surface area contributed by atoms with Crippen LogP contribution in [0.5, 0.6) is 17.2 Å². The van der Waals surface area contributed by atoms with Crippen molar-refractivity contribution in [2.75, 3.05) is 6.79 Å². The quantitative estimate of drug-likeness (QED) is 0.304. The molecule has 0 unspecified atom stereocenters. The summed E-state index contributed by atoms with van der Waals surface area (Å²) in [6.45, 7) is 0.481. The van der Waals surface area contributed by atoms with Crippen LogP contribution < -0.4 is 14.2 Å². The third-order valence-corrected chi connectivity index (χ3v) is 7.31. The number of rotatable bonds is 6. The Morgan fingerprint density at radius 3 is 2.40 bits per heavy atom. The number of nitrogens with zero attached hydrogens (tertiary/aromatic N) is 1. The van der Waals surface area contributed by atoms with E-state index < -0.39 is 0 Å². The van der Waals surface area contributed by atoms with Gasteiger partial charge >= 0.3 is 0 Å². The molecule has 3 aromatic carbocycles. The normalized spacial score (nSPS) is 15.9. The molecule has 0 atom stereocenters. The third-order valence-electron chi connectivity index (χ3n) is 5.31. The molecule has 3 aromatic rings. The first-order valence-corrected chi connectivity index (χ1v) is 12.3. The average molecular weight is 549 g/mol. The van der Waals surface area contributed by atoms with E-state index in [-0.39, 0.29) is 24.5 Å². The van der Waals surface area contributed by atoms with Gasteiger partial charge in [-0.1, -0.05) is 53.0 Å².